The molecule has 38 heavy (non-hydrogen) atoms. The minimum Gasteiger partial charge on any atom is -0.423 e. The lowest BCUT2D eigenvalue weighted by atomic mass is 10.0. The lowest BCUT2D eigenvalue weighted by molar-refractivity contribution is 0.0724. The second kappa shape index (κ2) is 13.2. The molecule has 2 unspecified atom stereocenters. The van der Waals surface area contributed by atoms with Crippen molar-refractivity contribution in [3.8, 4) is 22.6 Å². The second-order valence-electron chi connectivity index (χ2n) is 8.65. The smallest absolute Gasteiger partial charge is 0.343 e. The van der Waals surface area contributed by atoms with Gasteiger partial charge in [-0.3, -0.25) is 4.79 Å². The normalized spacial score (nSPS) is 10.6. The molecule has 0 N–H and O–H groups in total. The molecule has 0 fully saturated rings. The van der Waals surface area contributed by atoms with Crippen LogP contribution < -0.4 is 9.47 Å². The summed E-state index contributed by atoms with van der Waals surface area (Å²) in [5, 5.41) is 0. The van der Waals surface area contributed by atoms with Gasteiger partial charge in [-0.05, 0) is 96.0 Å². The Labute approximate surface area is 227 Å². The first-order valence-electron chi connectivity index (χ1n) is 12.2. The Morgan fingerprint density at radius 2 is 1.13 bits per heavy atom. The zero-order chi connectivity index (χ0) is 26.9. The molecule has 4 rings (SSSR count). The second-order valence-corrected chi connectivity index (χ2v) is 9.80. The minimum atomic E-state index is -0.525. The van der Waals surface area contributed by atoms with Crippen LogP contribution in [-0.2, 0) is 12.8 Å². The van der Waals surface area contributed by atoms with Crippen LogP contribution in [0.25, 0.3) is 11.1 Å². The molecule has 4 aromatic carbocycles. The number of ether oxygens (including phenoxy) is 2. The highest BCUT2D eigenvalue weighted by Gasteiger charge is 2.14. The van der Waals surface area contributed by atoms with E-state index in [1.165, 1.54) is 0 Å². The van der Waals surface area contributed by atoms with Gasteiger partial charge in [-0.2, -0.15) is 0 Å². The van der Waals surface area contributed by atoms with Gasteiger partial charge in [0.25, 0.3) is 0 Å². The number of carbonyl (C=O) groups excluding carboxylic acids is 3. The Morgan fingerprint density at radius 3 is 1.63 bits per heavy atom. The van der Waals surface area contributed by atoms with Crippen molar-refractivity contribution in [2.24, 2.45) is 0 Å². The van der Waals surface area contributed by atoms with Gasteiger partial charge in [0.05, 0.1) is 16.7 Å². The van der Waals surface area contributed by atoms with Crippen LogP contribution in [0.2, 0.25) is 0 Å². The van der Waals surface area contributed by atoms with E-state index in [9.17, 15) is 14.4 Å². The van der Waals surface area contributed by atoms with Crippen molar-refractivity contribution in [3.05, 3.63) is 119 Å². The maximum Gasteiger partial charge on any atom is 0.343 e. The SMILES string of the molecule is O=Cc1cc(-c2ccc(OC(=O)c3ccc(CCP)cc3)cc2)ccc1OC(=O)c1ccc(CCP)cc1. The number of benzene rings is 4. The predicted molar refractivity (Wildman–Crippen MR) is 157 cm³/mol. The zero-order valence-electron chi connectivity index (χ0n) is 20.8. The molecule has 0 amide bonds. The van der Waals surface area contributed by atoms with E-state index < -0.39 is 11.9 Å². The summed E-state index contributed by atoms with van der Waals surface area (Å²) in [7, 11) is 5.37. The van der Waals surface area contributed by atoms with Crippen LogP contribution in [0.5, 0.6) is 11.5 Å². The van der Waals surface area contributed by atoms with Crippen molar-refractivity contribution in [3.63, 3.8) is 0 Å². The Kier molecular flexibility index (Phi) is 9.54. The van der Waals surface area contributed by atoms with Gasteiger partial charge in [0.1, 0.15) is 11.5 Å². The fraction of sp³-hybridized carbons (Fsp3) is 0.129. The van der Waals surface area contributed by atoms with E-state index in [1.807, 2.05) is 24.3 Å². The monoisotopic (exact) mass is 542 g/mol. The van der Waals surface area contributed by atoms with Crippen LogP contribution in [0, 0.1) is 0 Å². The van der Waals surface area contributed by atoms with Crippen molar-refractivity contribution >= 4 is 36.7 Å². The third kappa shape index (κ3) is 7.01. The fourth-order valence-corrected chi connectivity index (χ4v) is 4.57. The molecule has 0 aliphatic heterocycles. The largest absolute Gasteiger partial charge is 0.423 e. The molecule has 7 heteroatoms. The standard InChI is InChI=1S/C31H28O5P2/c32-20-27-19-26(11-14-29(27)36-31(34)25-7-3-22(4-8-25)16-18-38)23-9-12-28(13-10-23)35-30(33)24-5-1-21(2-6-24)15-17-37/h1-14,19-20H,15-18,37-38H2. The molecule has 5 nitrogen and oxygen atoms in total. The van der Waals surface area contributed by atoms with Gasteiger partial charge in [0.2, 0.25) is 0 Å². The van der Waals surface area contributed by atoms with Crippen molar-refractivity contribution < 1.29 is 23.9 Å². The molecule has 192 valence electrons. The van der Waals surface area contributed by atoms with Gasteiger partial charge >= 0.3 is 11.9 Å². The number of esters is 2. The van der Waals surface area contributed by atoms with Crippen molar-refractivity contribution in [2.75, 3.05) is 12.3 Å². The summed E-state index contributed by atoms with van der Waals surface area (Å²) in [4.78, 5) is 36.8. The molecule has 0 radical (unpaired) electrons. The number of rotatable bonds is 10. The summed E-state index contributed by atoms with van der Waals surface area (Å²) in [6.45, 7) is 0. The van der Waals surface area contributed by atoms with Crippen LogP contribution in [0.3, 0.4) is 0 Å². The third-order valence-electron chi connectivity index (χ3n) is 5.98. The van der Waals surface area contributed by atoms with Gasteiger partial charge in [-0.1, -0.05) is 42.5 Å². The third-order valence-corrected chi connectivity index (χ3v) is 6.56. The van der Waals surface area contributed by atoms with Gasteiger partial charge in [0, 0.05) is 0 Å². The quantitative estimate of drug-likeness (QED) is 0.0999. The summed E-state index contributed by atoms with van der Waals surface area (Å²) in [6, 6.07) is 26.7. The summed E-state index contributed by atoms with van der Waals surface area (Å²) >= 11 is 0. The first-order chi connectivity index (χ1) is 18.5. The van der Waals surface area contributed by atoms with Crippen LogP contribution in [0.4, 0.5) is 0 Å². The first kappa shape index (κ1) is 27.4. The average molecular weight is 543 g/mol. The molecule has 0 aliphatic rings. The molecule has 0 saturated carbocycles. The van der Waals surface area contributed by atoms with E-state index in [0.29, 0.717) is 23.2 Å². The molecule has 0 spiro atoms. The molecule has 0 aliphatic carbocycles. The predicted octanol–water partition coefficient (Wildman–Crippen LogP) is 6.44. The molecular formula is C31H28O5P2. The first-order valence-corrected chi connectivity index (χ1v) is 13.9. The van der Waals surface area contributed by atoms with E-state index >= 15 is 0 Å². The van der Waals surface area contributed by atoms with Crippen LogP contribution in [-0.4, -0.2) is 30.5 Å². The highest BCUT2D eigenvalue weighted by Crippen LogP contribution is 2.28. The van der Waals surface area contributed by atoms with Crippen molar-refractivity contribution in [2.45, 2.75) is 12.8 Å². The fourth-order valence-electron chi connectivity index (χ4n) is 3.90. The zero-order valence-corrected chi connectivity index (χ0v) is 23.1. The topological polar surface area (TPSA) is 69.7 Å². The Hall–Kier alpha value is -3.65. The molecular weight excluding hydrogens is 514 g/mol. The van der Waals surface area contributed by atoms with Crippen LogP contribution in [0.15, 0.2) is 91.0 Å². The van der Waals surface area contributed by atoms with Crippen LogP contribution >= 0.6 is 18.5 Å². The number of carbonyl (C=O) groups is 3. The Bertz CT molecular complexity index is 1410. The number of hydrogen-bond acceptors (Lipinski definition) is 5. The molecule has 0 bridgehead atoms. The van der Waals surface area contributed by atoms with E-state index in [-0.39, 0.29) is 11.3 Å². The maximum atomic E-state index is 12.6. The lowest BCUT2D eigenvalue weighted by Gasteiger charge is -2.10. The highest BCUT2D eigenvalue weighted by molar-refractivity contribution is 7.16. The molecule has 0 aromatic heterocycles. The Balaban J connectivity index is 1.43. The number of aryl methyl sites for hydroxylation is 2. The van der Waals surface area contributed by atoms with Crippen LogP contribution in [0.1, 0.15) is 42.2 Å². The van der Waals surface area contributed by atoms with Gasteiger partial charge < -0.3 is 9.47 Å². The number of hydrogen-bond donors (Lipinski definition) is 0. The minimum absolute atomic E-state index is 0.192. The lowest BCUT2D eigenvalue weighted by Crippen LogP contribution is -2.10. The number of aldehydes is 1. The average Bonchev–Trinajstić information content (AvgIpc) is 2.95. The van der Waals surface area contributed by atoms with Gasteiger partial charge in [0.15, 0.2) is 6.29 Å². The Morgan fingerprint density at radius 1 is 0.632 bits per heavy atom. The van der Waals surface area contributed by atoms with Gasteiger partial charge in [-0.25, -0.2) is 9.59 Å². The summed E-state index contributed by atoms with van der Waals surface area (Å²) < 4.78 is 11.0. The summed E-state index contributed by atoms with van der Waals surface area (Å²) in [6.07, 6.45) is 4.41. The summed E-state index contributed by atoms with van der Waals surface area (Å²) in [5.41, 5.74) is 5.04. The van der Waals surface area contributed by atoms with E-state index in [4.69, 9.17) is 9.47 Å². The molecule has 2 atom stereocenters. The van der Waals surface area contributed by atoms with E-state index in [2.05, 4.69) is 18.5 Å². The maximum absolute atomic E-state index is 12.6. The van der Waals surface area contributed by atoms with E-state index in [1.54, 1.807) is 66.7 Å². The van der Waals surface area contributed by atoms with Gasteiger partial charge in [-0.15, -0.1) is 18.5 Å². The van der Waals surface area contributed by atoms with Crippen molar-refractivity contribution in [1.82, 2.24) is 0 Å². The summed E-state index contributed by atoms with van der Waals surface area (Å²) in [5.74, 6) is -0.346. The van der Waals surface area contributed by atoms with Crippen molar-refractivity contribution in [1.29, 1.82) is 0 Å². The van der Waals surface area contributed by atoms with E-state index in [0.717, 1.165) is 47.4 Å². The molecule has 0 saturated heterocycles. The molecule has 0 heterocycles. The molecule has 4 aromatic rings. The highest BCUT2D eigenvalue weighted by atomic mass is 31.0.